The maximum atomic E-state index is 13.0. The highest BCUT2D eigenvalue weighted by Crippen LogP contribution is 2.38. The molecule has 1 aliphatic carbocycles. The van der Waals surface area contributed by atoms with Crippen LogP contribution >= 0.6 is 15.9 Å². The second kappa shape index (κ2) is 8.53. The van der Waals surface area contributed by atoms with Crippen molar-refractivity contribution in [2.45, 2.75) is 50.6 Å². The van der Waals surface area contributed by atoms with Crippen molar-refractivity contribution < 1.29 is 31.1 Å². The lowest BCUT2D eigenvalue weighted by Gasteiger charge is -2.29. The van der Waals surface area contributed by atoms with E-state index in [-0.39, 0.29) is 22.2 Å². The Morgan fingerprint density at radius 1 is 0.931 bits per heavy atom. The number of hydrogen-bond donors (Lipinski definition) is 0. The minimum Gasteiger partial charge on any atom is -0.490 e. The molecule has 0 amide bonds. The summed E-state index contributed by atoms with van der Waals surface area (Å²) in [5, 5.41) is 0. The number of aromatic nitrogens is 1. The number of nitrogens with zero attached hydrogens (tertiary/aromatic N) is 1. The van der Waals surface area contributed by atoms with Crippen LogP contribution in [0.5, 0.6) is 5.75 Å². The van der Waals surface area contributed by atoms with Crippen molar-refractivity contribution in [3.05, 3.63) is 57.8 Å². The van der Waals surface area contributed by atoms with E-state index in [4.69, 9.17) is 4.74 Å². The summed E-state index contributed by atoms with van der Waals surface area (Å²) in [4.78, 5) is 3.90. The van der Waals surface area contributed by atoms with Crippen LogP contribution in [0.4, 0.5) is 26.3 Å². The van der Waals surface area contributed by atoms with Crippen LogP contribution in [0.3, 0.4) is 0 Å². The van der Waals surface area contributed by atoms with Crippen LogP contribution in [0, 0.1) is 5.92 Å². The molecule has 158 valence electrons. The summed E-state index contributed by atoms with van der Waals surface area (Å²) in [5.41, 5.74) is -0.951. The van der Waals surface area contributed by atoms with Crippen LogP contribution in [0.15, 0.2) is 41.0 Å². The molecule has 1 heterocycles. The van der Waals surface area contributed by atoms with Gasteiger partial charge in [0.25, 0.3) is 0 Å². The molecule has 2 aromatic rings. The van der Waals surface area contributed by atoms with Crippen LogP contribution in [0.25, 0.3) is 0 Å². The Labute approximate surface area is 172 Å². The van der Waals surface area contributed by atoms with E-state index in [0.717, 1.165) is 31.2 Å². The van der Waals surface area contributed by atoms with E-state index in [1.165, 1.54) is 18.2 Å². The quantitative estimate of drug-likeness (QED) is 0.436. The third kappa shape index (κ3) is 5.87. The fraction of sp³-hybridized carbons (Fsp3) is 0.450. The first-order valence-corrected chi connectivity index (χ1v) is 9.87. The van der Waals surface area contributed by atoms with E-state index in [1.807, 2.05) is 0 Å². The molecule has 0 bridgehead atoms. The van der Waals surface area contributed by atoms with E-state index in [9.17, 15) is 26.3 Å². The predicted octanol–water partition coefficient (Wildman–Crippen LogP) is 7.06. The second-order valence-corrected chi connectivity index (χ2v) is 7.99. The van der Waals surface area contributed by atoms with E-state index in [2.05, 4.69) is 20.9 Å². The molecule has 1 aromatic carbocycles. The van der Waals surface area contributed by atoms with Crippen molar-refractivity contribution in [2.24, 2.45) is 5.92 Å². The van der Waals surface area contributed by atoms with Crippen molar-refractivity contribution in [3.8, 4) is 5.75 Å². The van der Waals surface area contributed by atoms with Crippen molar-refractivity contribution in [1.82, 2.24) is 4.98 Å². The summed E-state index contributed by atoms with van der Waals surface area (Å²) < 4.78 is 82.5. The normalized spacial score (nSPS) is 20.5. The lowest BCUT2D eigenvalue weighted by atomic mass is 9.84. The molecule has 2 nitrogen and oxygen atoms in total. The van der Waals surface area contributed by atoms with Gasteiger partial charge >= 0.3 is 12.4 Å². The average Bonchev–Trinajstić information content (AvgIpc) is 2.64. The number of alkyl halides is 6. The van der Waals surface area contributed by atoms with Gasteiger partial charge in [-0.15, -0.1) is 0 Å². The Bertz CT molecular complexity index is 826. The molecule has 0 N–H and O–H groups in total. The van der Waals surface area contributed by atoms with Gasteiger partial charge in [-0.2, -0.15) is 26.3 Å². The molecule has 29 heavy (non-hydrogen) atoms. The van der Waals surface area contributed by atoms with Crippen LogP contribution in [-0.4, -0.2) is 11.1 Å². The Morgan fingerprint density at radius 3 is 2.17 bits per heavy atom. The number of ether oxygens (including phenoxy) is 1. The summed E-state index contributed by atoms with van der Waals surface area (Å²) in [6.45, 7) is 0. The average molecular weight is 482 g/mol. The zero-order valence-electron chi connectivity index (χ0n) is 15.2. The lowest BCUT2D eigenvalue weighted by molar-refractivity contribution is -0.138. The van der Waals surface area contributed by atoms with Crippen LogP contribution in [0.2, 0.25) is 0 Å². The molecule has 0 aliphatic heterocycles. The number of hydrogen-bond acceptors (Lipinski definition) is 2. The molecule has 0 radical (unpaired) electrons. The highest BCUT2D eigenvalue weighted by molar-refractivity contribution is 9.10. The Balaban J connectivity index is 1.53. The summed E-state index contributed by atoms with van der Waals surface area (Å²) >= 11 is 2.90. The lowest BCUT2D eigenvalue weighted by Crippen LogP contribution is -2.25. The smallest absolute Gasteiger partial charge is 0.417 e. The summed E-state index contributed by atoms with van der Waals surface area (Å²) in [7, 11) is 0. The Morgan fingerprint density at radius 2 is 1.62 bits per heavy atom. The molecule has 1 aliphatic rings. The van der Waals surface area contributed by atoms with Gasteiger partial charge in [-0.05, 0) is 68.4 Å². The summed E-state index contributed by atoms with van der Waals surface area (Å²) in [5.74, 6) is 0.433. The van der Waals surface area contributed by atoms with Crippen molar-refractivity contribution in [2.75, 3.05) is 0 Å². The Kier molecular flexibility index (Phi) is 6.45. The van der Waals surface area contributed by atoms with Crippen LogP contribution in [-0.2, 0) is 18.8 Å². The molecule has 0 unspecified atom stereocenters. The molecule has 1 saturated carbocycles. The zero-order chi connectivity index (χ0) is 21.2. The van der Waals surface area contributed by atoms with Gasteiger partial charge in [0, 0.05) is 16.4 Å². The number of benzene rings is 1. The van der Waals surface area contributed by atoms with Gasteiger partial charge in [-0.3, -0.25) is 4.98 Å². The van der Waals surface area contributed by atoms with Gasteiger partial charge in [-0.1, -0.05) is 15.9 Å². The number of rotatable bonds is 4. The molecule has 3 rings (SSSR count). The van der Waals surface area contributed by atoms with E-state index in [1.54, 1.807) is 0 Å². The largest absolute Gasteiger partial charge is 0.490 e. The fourth-order valence-electron chi connectivity index (χ4n) is 3.45. The molecule has 0 spiro atoms. The fourth-order valence-corrected chi connectivity index (χ4v) is 3.92. The monoisotopic (exact) mass is 481 g/mol. The maximum Gasteiger partial charge on any atom is 0.417 e. The standard InChI is InChI=1S/C20H18BrF6NO/c21-18-8-7-16(10-17(18)20(25,26)27)29-15-5-1-12(2-6-15)9-14-4-3-13(11-28-14)19(22,23)24/h3-4,7-8,10-12,15H,1-2,5-6,9H2. The van der Waals surface area contributed by atoms with Gasteiger partial charge in [0.2, 0.25) is 0 Å². The van der Waals surface area contributed by atoms with Crippen molar-refractivity contribution >= 4 is 15.9 Å². The second-order valence-electron chi connectivity index (χ2n) is 7.14. The predicted molar refractivity (Wildman–Crippen MR) is 98.5 cm³/mol. The molecular weight excluding hydrogens is 464 g/mol. The Hall–Kier alpha value is -1.77. The highest BCUT2D eigenvalue weighted by Gasteiger charge is 2.34. The SMILES string of the molecule is FC(F)(F)c1ccc(CC2CCC(Oc3ccc(Br)c(C(F)(F)F)c3)CC2)nc1. The third-order valence-electron chi connectivity index (χ3n) is 4.99. The molecule has 1 aromatic heterocycles. The van der Waals surface area contributed by atoms with Gasteiger partial charge in [0.05, 0.1) is 17.2 Å². The molecule has 0 atom stereocenters. The molecular formula is C20H18BrF6NO. The molecule has 1 fully saturated rings. The highest BCUT2D eigenvalue weighted by atomic mass is 79.9. The first-order chi connectivity index (χ1) is 13.5. The van der Waals surface area contributed by atoms with Gasteiger partial charge in [0.15, 0.2) is 0 Å². The first kappa shape index (κ1) is 21.9. The summed E-state index contributed by atoms with van der Waals surface area (Å²) in [6, 6.07) is 6.23. The molecule has 0 saturated heterocycles. The number of halogens is 7. The topological polar surface area (TPSA) is 22.1 Å². The third-order valence-corrected chi connectivity index (χ3v) is 5.68. The maximum absolute atomic E-state index is 13.0. The van der Waals surface area contributed by atoms with E-state index >= 15 is 0 Å². The minimum absolute atomic E-state index is 0.0369. The van der Waals surface area contributed by atoms with Gasteiger partial charge in [-0.25, -0.2) is 0 Å². The van der Waals surface area contributed by atoms with Crippen molar-refractivity contribution in [3.63, 3.8) is 0 Å². The van der Waals surface area contributed by atoms with Gasteiger partial charge < -0.3 is 4.74 Å². The van der Waals surface area contributed by atoms with E-state index < -0.39 is 23.5 Å². The zero-order valence-corrected chi connectivity index (χ0v) is 16.7. The first-order valence-electron chi connectivity index (χ1n) is 9.08. The van der Waals surface area contributed by atoms with Crippen LogP contribution in [0.1, 0.15) is 42.5 Å². The van der Waals surface area contributed by atoms with Gasteiger partial charge in [0.1, 0.15) is 5.75 Å². The number of pyridine rings is 1. The summed E-state index contributed by atoms with van der Waals surface area (Å²) in [6.07, 6.45) is -4.76. The van der Waals surface area contributed by atoms with E-state index in [0.29, 0.717) is 25.0 Å². The minimum atomic E-state index is -4.47. The molecule has 9 heteroatoms. The van der Waals surface area contributed by atoms with Crippen molar-refractivity contribution in [1.29, 1.82) is 0 Å². The van der Waals surface area contributed by atoms with Crippen LogP contribution < -0.4 is 4.74 Å².